The van der Waals surface area contributed by atoms with Gasteiger partial charge >= 0.3 is 0 Å². The fourth-order valence-corrected chi connectivity index (χ4v) is 3.45. The van der Waals surface area contributed by atoms with Crippen LogP contribution >= 0.6 is 0 Å². The standard InChI is InChI=1S/C17H25FN2/c1-3-16-10-19-17(14-4-5-14)11-20(16)12(2)13-6-8-15(18)9-7-13/h6-9,12,14,16-17,19H,3-5,10-11H2,1-2H3. The molecule has 2 aliphatic rings. The molecule has 0 aromatic heterocycles. The van der Waals surface area contributed by atoms with Crippen LogP contribution in [-0.4, -0.2) is 30.1 Å². The number of nitrogens with zero attached hydrogens (tertiary/aromatic N) is 1. The second-order valence-electron chi connectivity index (χ2n) is 6.34. The van der Waals surface area contributed by atoms with E-state index in [2.05, 4.69) is 24.1 Å². The molecule has 2 fully saturated rings. The van der Waals surface area contributed by atoms with E-state index in [1.807, 2.05) is 12.1 Å². The van der Waals surface area contributed by atoms with E-state index < -0.39 is 0 Å². The molecule has 3 atom stereocenters. The lowest BCUT2D eigenvalue weighted by molar-refractivity contribution is 0.0803. The highest BCUT2D eigenvalue weighted by molar-refractivity contribution is 5.20. The first-order valence-electron chi connectivity index (χ1n) is 7.93. The molecule has 1 aliphatic carbocycles. The molecule has 1 aromatic carbocycles. The molecule has 3 rings (SSSR count). The van der Waals surface area contributed by atoms with E-state index in [4.69, 9.17) is 0 Å². The zero-order valence-corrected chi connectivity index (χ0v) is 12.5. The zero-order valence-electron chi connectivity index (χ0n) is 12.5. The van der Waals surface area contributed by atoms with Crippen LogP contribution < -0.4 is 5.32 Å². The largest absolute Gasteiger partial charge is 0.311 e. The summed E-state index contributed by atoms with van der Waals surface area (Å²) < 4.78 is 13.1. The minimum atomic E-state index is -0.149. The summed E-state index contributed by atoms with van der Waals surface area (Å²) in [7, 11) is 0. The number of piperazine rings is 1. The third-order valence-corrected chi connectivity index (χ3v) is 5.00. The fourth-order valence-electron chi connectivity index (χ4n) is 3.45. The number of halogens is 1. The van der Waals surface area contributed by atoms with Crippen molar-refractivity contribution >= 4 is 0 Å². The van der Waals surface area contributed by atoms with E-state index in [0.717, 1.165) is 25.4 Å². The van der Waals surface area contributed by atoms with Gasteiger partial charge in [-0.25, -0.2) is 4.39 Å². The van der Waals surface area contributed by atoms with Crippen LogP contribution in [0, 0.1) is 11.7 Å². The van der Waals surface area contributed by atoms with E-state index in [-0.39, 0.29) is 5.82 Å². The van der Waals surface area contributed by atoms with Gasteiger partial charge < -0.3 is 5.32 Å². The first-order chi connectivity index (χ1) is 9.69. The molecule has 110 valence electrons. The Morgan fingerprint density at radius 1 is 1.30 bits per heavy atom. The average molecular weight is 276 g/mol. The van der Waals surface area contributed by atoms with Gasteiger partial charge in [-0.05, 0) is 49.8 Å². The van der Waals surface area contributed by atoms with E-state index in [0.29, 0.717) is 18.1 Å². The van der Waals surface area contributed by atoms with Crippen molar-refractivity contribution in [1.82, 2.24) is 10.2 Å². The highest BCUT2D eigenvalue weighted by Crippen LogP contribution is 2.36. The molecule has 0 bridgehead atoms. The third-order valence-electron chi connectivity index (χ3n) is 5.00. The van der Waals surface area contributed by atoms with Crippen LogP contribution in [0.5, 0.6) is 0 Å². The predicted octanol–water partition coefficient (Wildman–Crippen LogP) is 3.35. The Morgan fingerprint density at radius 3 is 2.60 bits per heavy atom. The highest BCUT2D eigenvalue weighted by Gasteiger charge is 2.38. The van der Waals surface area contributed by atoms with Crippen LogP contribution in [0.4, 0.5) is 4.39 Å². The maximum absolute atomic E-state index is 13.1. The van der Waals surface area contributed by atoms with Crippen molar-refractivity contribution in [1.29, 1.82) is 0 Å². The van der Waals surface area contributed by atoms with Gasteiger partial charge in [0.1, 0.15) is 5.82 Å². The Labute approximate surface area is 121 Å². The SMILES string of the molecule is CCC1CNC(C2CC2)CN1C(C)c1ccc(F)cc1. The molecule has 0 radical (unpaired) electrons. The monoisotopic (exact) mass is 276 g/mol. The van der Waals surface area contributed by atoms with Crippen LogP contribution in [-0.2, 0) is 0 Å². The maximum Gasteiger partial charge on any atom is 0.123 e. The molecule has 0 spiro atoms. The molecule has 1 saturated carbocycles. The fraction of sp³-hybridized carbons (Fsp3) is 0.647. The second kappa shape index (κ2) is 5.82. The molecular formula is C17H25FN2. The van der Waals surface area contributed by atoms with Crippen LogP contribution in [0.1, 0.15) is 44.7 Å². The van der Waals surface area contributed by atoms with Crippen molar-refractivity contribution in [3.05, 3.63) is 35.6 Å². The van der Waals surface area contributed by atoms with Crippen molar-refractivity contribution in [2.24, 2.45) is 5.92 Å². The molecule has 3 unspecified atom stereocenters. The molecule has 20 heavy (non-hydrogen) atoms. The third kappa shape index (κ3) is 2.89. The molecule has 1 heterocycles. The van der Waals surface area contributed by atoms with Gasteiger partial charge in [0.15, 0.2) is 0 Å². The first kappa shape index (κ1) is 14.0. The Balaban J connectivity index is 1.75. The number of rotatable bonds is 4. The van der Waals surface area contributed by atoms with Gasteiger partial charge in [0.05, 0.1) is 0 Å². The van der Waals surface area contributed by atoms with E-state index in [1.54, 1.807) is 12.1 Å². The molecule has 1 aliphatic heterocycles. The number of hydrogen-bond donors (Lipinski definition) is 1. The predicted molar refractivity (Wildman–Crippen MR) is 80.1 cm³/mol. The summed E-state index contributed by atoms with van der Waals surface area (Å²) in [5, 5.41) is 3.73. The highest BCUT2D eigenvalue weighted by atomic mass is 19.1. The summed E-state index contributed by atoms with van der Waals surface area (Å²) in [5.41, 5.74) is 1.22. The van der Waals surface area contributed by atoms with Gasteiger partial charge in [-0.3, -0.25) is 4.90 Å². The number of nitrogens with one attached hydrogen (secondary N) is 1. The Morgan fingerprint density at radius 2 is 2.00 bits per heavy atom. The average Bonchev–Trinajstić information content (AvgIpc) is 3.31. The molecule has 1 N–H and O–H groups in total. The van der Waals surface area contributed by atoms with Gasteiger partial charge in [0.25, 0.3) is 0 Å². The Bertz CT molecular complexity index is 441. The van der Waals surface area contributed by atoms with Crippen LogP contribution in [0.25, 0.3) is 0 Å². The zero-order chi connectivity index (χ0) is 14.1. The van der Waals surface area contributed by atoms with Gasteiger partial charge in [-0.15, -0.1) is 0 Å². The summed E-state index contributed by atoms with van der Waals surface area (Å²) in [4.78, 5) is 2.62. The van der Waals surface area contributed by atoms with Crippen molar-refractivity contribution in [2.75, 3.05) is 13.1 Å². The van der Waals surface area contributed by atoms with Crippen molar-refractivity contribution in [3.63, 3.8) is 0 Å². The van der Waals surface area contributed by atoms with Crippen molar-refractivity contribution in [3.8, 4) is 0 Å². The Hall–Kier alpha value is -0.930. The minimum absolute atomic E-state index is 0.149. The quantitative estimate of drug-likeness (QED) is 0.907. The van der Waals surface area contributed by atoms with E-state index in [1.165, 1.54) is 18.4 Å². The molecule has 3 heteroatoms. The minimum Gasteiger partial charge on any atom is -0.311 e. The smallest absolute Gasteiger partial charge is 0.123 e. The van der Waals surface area contributed by atoms with Gasteiger partial charge in [0.2, 0.25) is 0 Å². The van der Waals surface area contributed by atoms with Gasteiger partial charge in [-0.1, -0.05) is 19.1 Å². The molecule has 1 aromatic rings. The molecule has 1 saturated heterocycles. The van der Waals surface area contributed by atoms with E-state index >= 15 is 0 Å². The van der Waals surface area contributed by atoms with Crippen molar-refractivity contribution in [2.45, 2.75) is 51.2 Å². The topological polar surface area (TPSA) is 15.3 Å². The first-order valence-corrected chi connectivity index (χ1v) is 7.93. The summed E-state index contributed by atoms with van der Waals surface area (Å²) in [5.74, 6) is 0.736. The maximum atomic E-state index is 13.1. The molecule has 0 amide bonds. The number of benzene rings is 1. The Kier molecular flexibility index (Phi) is 4.08. The summed E-state index contributed by atoms with van der Waals surface area (Å²) in [6.07, 6.45) is 3.93. The van der Waals surface area contributed by atoms with E-state index in [9.17, 15) is 4.39 Å². The van der Waals surface area contributed by atoms with Crippen LogP contribution in [0.15, 0.2) is 24.3 Å². The summed E-state index contributed by atoms with van der Waals surface area (Å²) >= 11 is 0. The van der Waals surface area contributed by atoms with Crippen LogP contribution in [0.3, 0.4) is 0 Å². The molecular weight excluding hydrogens is 251 g/mol. The number of hydrogen-bond acceptors (Lipinski definition) is 2. The van der Waals surface area contributed by atoms with Crippen LogP contribution in [0.2, 0.25) is 0 Å². The second-order valence-corrected chi connectivity index (χ2v) is 6.34. The lowest BCUT2D eigenvalue weighted by Gasteiger charge is -2.44. The normalized spacial score (nSPS) is 29.4. The van der Waals surface area contributed by atoms with Gasteiger partial charge in [-0.2, -0.15) is 0 Å². The van der Waals surface area contributed by atoms with Gasteiger partial charge in [0, 0.05) is 31.2 Å². The summed E-state index contributed by atoms with van der Waals surface area (Å²) in [6.45, 7) is 6.73. The molecule has 2 nitrogen and oxygen atoms in total. The lowest BCUT2D eigenvalue weighted by atomic mass is 9.98. The van der Waals surface area contributed by atoms with Crippen molar-refractivity contribution < 1.29 is 4.39 Å². The summed E-state index contributed by atoms with van der Waals surface area (Å²) in [6, 6.07) is 8.62. The lowest BCUT2D eigenvalue weighted by Crippen LogP contribution is -2.57.